The third-order valence-electron chi connectivity index (χ3n) is 5.03. The van der Waals surface area contributed by atoms with Crippen molar-refractivity contribution in [2.75, 3.05) is 13.6 Å². The summed E-state index contributed by atoms with van der Waals surface area (Å²) in [5.74, 6) is 0.512. The topological polar surface area (TPSA) is 48.1 Å². The Morgan fingerprint density at radius 3 is 3.20 bits per heavy atom. The van der Waals surface area contributed by atoms with Gasteiger partial charge in [-0.05, 0) is 37.1 Å². The van der Waals surface area contributed by atoms with Gasteiger partial charge in [-0.15, -0.1) is 0 Å². The first kappa shape index (κ1) is 12.0. The van der Waals surface area contributed by atoms with Crippen LogP contribution in [0, 0.1) is 0 Å². The fraction of sp³-hybridized carbons (Fsp3) is 0.438. The van der Waals surface area contributed by atoms with Gasteiger partial charge >= 0.3 is 0 Å². The second-order valence-corrected chi connectivity index (χ2v) is 6.12. The lowest BCUT2D eigenvalue weighted by atomic mass is 9.74. The van der Waals surface area contributed by atoms with Crippen LogP contribution in [-0.4, -0.2) is 42.0 Å². The fourth-order valence-corrected chi connectivity index (χ4v) is 4.16. The van der Waals surface area contributed by atoms with Crippen molar-refractivity contribution in [1.29, 1.82) is 0 Å². The third kappa shape index (κ3) is 1.61. The summed E-state index contributed by atoms with van der Waals surface area (Å²) in [5.41, 5.74) is 4.12. The number of H-pyrrole nitrogens is 1. The number of aromatic nitrogens is 1. The summed E-state index contributed by atoms with van der Waals surface area (Å²) in [6, 6.07) is 7.35. The molecule has 0 radical (unpaired) electrons. The number of nitrogens with one attached hydrogen (secondary N) is 2. The van der Waals surface area contributed by atoms with E-state index in [-0.39, 0.29) is 6.04 Å². The van der Waals surface area contributed by atoms with Gasteiger partial charge in [0, 0.05) is 41.6 Å². The number of hydrogen-bond donors (Lipinski definition) is 2. The first-order chi connectivity index (χ1) is 9.78. The summed E-state index contributed by atoms with van der Waals surface area (Å²) in [4.78, 5) is 16.6. The standard InChI is InChI=1S/C16H19N3O/c1-19-8-11(18-9-20)6-13-12-3-2-4-14-16(12)10(7-17-14)5-15(13)19/h2-4,7,9,11,13,15,17H,5-6,8H2,1H3,(H,18,20)/t11-,13+,15+/m0/s1. The average molecular weight is 269 g/mol. The van der Waals surface area contributed by atoms with Crippen molar-refractivity contribution < 1.29 is 4.79 Å². The Morgan fingerprint density at radius 2 is 2.35 bits per heavy atom. The maximum Gasteiger partial charge on any atom is 0.207 e. The van der Waals surface area contributed by atoms with Gasteiger partial charge in [0.2, 0.25) is 6.41 Å². The van der Waals surface area contributed by atoms with E-state index in [2.05, 4.69) is 46.6 Å². The second-order valence-electron chi connectivity index (χ2n) is 6.12. The van der Waals surface area contributed by atoms with Crippen LogP contribution in [-0.2, 0) is 11.2 Å². The van der Waals surface area contributed by atoms with Gasteiger partial charge in [0.05, 0.1) is 0 Å². The lowest BCUT2D eigenvalue weighted by Gasteiger charge is -2.45. The third-order valence-corrected chi connectivity index (χ3v) is 5.03. The molecule has 0 saturated carbocycles. The molecule has 104 valence electrons. The van der Waals surface area contributed by atoms with Crippen molar-refractivity contribution in [3.63, 3.8) is 0 Å². The van der Waals surface area contributed by atoms with Crippen molar-refractivity contribution >= 4 is 17.3 Å². The molecule has 1 aromatic carbocycles. The molecule has 2 N–H and O–H groups in total. The Hall–Kier alpha value is -1.81. The van der Waals surface area contributed by atoms with Crippen LogP contribution >= 0.6 is 0 Å². The maximum absolute atomic E-state index is 10.8. The number of likely N-dealkylation sites (tertiary alicyclic amines) is 1. The molecule has 1 amide bonds. The summed E-state index contributed by atoms with van der Waals surface area (Å²) < 4.78 is 0. The smallest absolute Gasteiger partial charge is 0.207 e. The van der Waals surface area contributed by atoms with Crippen LogP contribution in [0.25, 0.3) is 10.9 Å². The van der Waals surface area contributed by atoms with Crippen LogP contribution < -0.4 is 5.32 Å². The molecule has 0 spiro atoms. The summed E-state index contributed by atoms with van der Waals surface area (Å²) in [6.45, 7) is 0.940. The van der Waals surface area contributed by atoms with E-state index < -0.39 is 0 Å². The quantitative estimate of drug-likeness (QED) is 0.814. The first-order valence-corrected chi connectivity index (χ1v) is 7.26. The van der Waals surface area contributed by atoms with E-state index in [1.165, 1.54) is 22.0 Å². The number of carbonyl (C=O) groups excluding carboxylic acids is 1. The molecule has 1 aromatic heterocycles. The minimum Gasteiger partial charge on any atom is -0.361 e. The van der Waals surface area contributed by atoms with E-state index in [0.29, 0.717) is 12.0 Å². The summed E-state index contributed by atoms with van der Waals surface area (Å²) in [6.07, 6.45) is 5.14. The van der Waals surface area contributed by atoms with Crippen molar-refractivity contribution in [3.05, 3.63) is 35.5 Å². The number of hydrogen-bond acceptors (Lipinski definition) is 2. The van der Waals surface area contributed by atoms with Gasteiger partial charge in [0.1, 0.15) is 0 Å². The SMILES string of the molecule is CN1C[C@@H](NC=O)C[C@@H]2c3cccc4[nH]cc(c34)C[C@H]21. The number of aromatic amines is 1. The molecular formula is C16H19N3O. The molecule has 2 heterocycles. The van der Waals surface area contributed by atoms with E-state index >= 15 is 0 Å². The number of amides is 1. The molecular weight excluding hydrogens is 250 g/mol. The zero-order valence-electron chi connectivity index (χ0n) is 11.6. The van der Waals surface area contributed by atoms with Gasteiger partial charge in [-0.25, -0.2) is 0 Å². The van der Waals surface area contributed by atoms with Crippen LogP contribution in [0.1, 0.15) is 23.5 Å². The molecule has 2 aromatic rings. The van der Waals surface area contributed by atoms with Gasteiger partial charge in [-0.2, -0.15) is 0 Å². The van der Waals surface area contributed by atoms with Gasteiger partial charge in [0.25, 0.3) is 0 Å². The minimum atomic E-state index is 0.259. The summed E-state index contributed by atoms with van der Waals surface area (Å²) in [7, 11) is 2.17. The molecule has 1 aliphatic carbocycles. The normalized spacial score (nSPS) is 29.1. The number of benzene rings is 1. The molecule has 0 unspecified atom stereocenters. The molecule has 4 nitrogen and oxygen atoms in total. The Bertz CT molecular complexity index is 663. The van der Waals surface area contributed by atoms with Crippen LogP contribution in [0.15, 0.2) is 24.4 Å². The Balaban J connectivity index is 1.80. The van der Waals surface area contributed by atoms with Crippen LogP contribution in [0.5, 0.6) is 0 Å². The molecule has 0 bridgehead atoms. The van der Waals surface area contributed by atoms with Crippen molar-refractivity contribution in [3.8, 4) is 0 Å². The van der Waals surface area contributed by atoms with Crippen LogP contribution in [0.2, 0.25) is 0 Å². The molecule has 3 atom stereocenters. The van der Waals surface area contributed by atoms with Crippen LogP contribution in [0.3, 0.4) is 0 Å². The van der Waals surface area contributed by atoms with E-state index in [4.69, 9.17) is 0 Å². The highest BCUT2D eigenvalue weighted by molar-refractivity contribution is 5.88. The highest BCUT2D eigenvalue weighted by Gasteiger charge is 2.39. The lowest BCUT2D eigenvalue weighted by molar-refractivity contribution is -0.110. The van der Waals surface area contributed by atoms with E-state index in [9.17, 15) is 4.79 Å². The lowest BCUT2D eigenvalue weighted by Crippen LogP contribution is -2.53. The first-order valence-electron chi connectivity index (χ1n) is 7.26. The number of nitrogens with zero attached hydrogens (tertiary/aromatic N) is 1. The number of rotatable bonds is 2. The molecule has 4 heteroatoms. The predicted octanol–water partition coefficient (Wildman–Crippen LogP) is 1.63. The van der Waals surface area contributed by atoms with E-state index in [1.54, 1.807) is 0 Å². The molecule has 2 aliphatic rings. The minimum absolute atomic E-state index is 0.259. The predicted molar refractivity (Wildman–Crippen MR) is 78.8 cm³/mol. The Morgan fingerprint density at radius 1 is 1.45 bits per heavy atom. The van der Waals surface area contributed by atoms with E-state index in [0.717, 1.165) is 25.8 Å². The van der Waals surface area contributed by atoms with Crippen LogP contribution in [0.4, 0.5) is 0 Å². The molecule has 20 heavy (non-hydrogen) atoms. The Kier molecular flexibility index (Phi) is 2.60. The number of piperidine rings is 1. The molecule has 1 fully saturated rings. The van der Waals surface area contributed by atoms with Gasteiger partial charge in [0.15, 0.2) is 0 Å². The largest absolute Gasteiger partial charge is 0.361 e. The number of likely N-dealkylation sites (N-methyl/N-ethyl adjacent to an activating group) is 1. The second kappa shape index (κ2) is 4.35. The molecule has 4 rings (SSSR count). The average Bonchev–Trinajstić information content (AvgIpc) is 2.86. The van der Waals surface area contributed by atoms with Crippen molar-refractivity contribution in [2.24, 2.45) is 0 Å². The monoisotopic (exact) mass is 269 g/mol. The zero-order valence-corrected chi connectivity index (χ0v) is 11.6. The van der Waals surface area contributed by atoms with Crippen molar-refractivity contribution in [2.45, 2.75) is 30.8 Å². The number of carbonyl (C=O) groups is 1. The highest BCUT2D eigenvalue weighted by Crippen LogP contribution is 2.42. The van der Waals surface area contributed by atoms with Gasteiger partial charge in [-0.3, -0.25) is 4.79 Å². The zero-order chi connectivity index (χ0) is 13.7. The molecule has 1 aliphatic heterocycles. The van der Waals surface area contributed by atoms with E-state index in [1.807, 2.05) is 0 Å². The summed E-state index contributed by atoms with van der Waals surface area (Å²) >= 11 is 0. The maximum atomic E-state index is 10.8. The summed E-state index contributed by atoms with van der Waals surface area (Å²) in [5, 5.41) is 4.38. The molecule has 1 saturated heterocycles. The Labute approximate surface area is 118 Å². The fourth-order valence-electron chi connectivity index (χ4n) is 4.16. The van der Waals surface area contributed by atoms with Crippen molar-refractivity contribution in [1.82, 2.24) is 15.2 Å². The highest BCUT2D eigenvalue weighted by atomic mass is 16.1. The van der Waals surface area contributed by atoms with Gasteiger partial charge < -0.3 is 15.2 Å². The number of fused-ring (bicyclic) bond motifs is 2. The van der Waals surface area contributed by atoms with Gasteiger partial charge in [-0.1, -0.05) is 12.1 Å².